The number of anilines is 1. The topological polar surface area (TPSA) is 81.1 Å². The molecule has 0 saturated heterocycles. The van der Waals surface area contributed by atoms with Crippen LogP contribution in [0.5, 0.6) is 0 Å². The van der Waals surface area contributed by atoms with E-state index in [0.29, 0.717) is 23.9 Å². The standard InChI is InChI=1S/C16H21N5OS/c1-4-21(7-5-13-18-6-8-23-13)9-12-19-15(17)14-10(2)11(3)22-16(14)20-12/h6,8H,4-5,7,9H2,1-3H3,(H2,17,19,20). The van der Waals surface area contributed by atoms with E-state index in [0.717, 1.165) is 41.2 Å². The van der Waals surface area contributed by atoms with Crippen LogP contribution in [0.3, 0.4) is 0 Å². The molecule has 23 heavy (non-hydrogen) atoms. The van der Waals surface area contributed by atoms with Crippen LogP contribution in [-0.4, -0.2) is 32.9 Å². The molecule has 0 radical (unpaired) electrons. The summed E-state index contributed by atoms with van der Waals surface area (Å²) in [5.41, 5.74) is 7.70. The number of nitrogen functional groups attached to an aromatic ring is 1. The van der Waals surface area contributed by atoms with Crippen molar-refractivity contribution in [1.82, 2.24) is 19.9 Å². The maximum Gasteiger partial charge on any atom is 0.231 e. The monoisotopic (exact) mass is 331 g/mol. The van der Waals surface area contributed by atoms with E-state index in [1.54, 1.807) is 11.3 Å². The van der Waals surface area contributed by atoms with E-state index in [1.165, 1.54) is 0 Å². The number of hydrogen-bond donors (Lipinski definition) is 1. The number of furan rings is 1. The van der Waals surface area contributed by atoms with E-state index < -0.39 is 0 Å². The first-order valence-electron chi connectivity index (χ1n) is 7.71. The van der Waals surface area contributed by atoms with Crippen molar-refractivity contribution in [2.75, 3.05) is 18.8 Å². The van der Waals surface area contributed by atoms with Crippen molar-refractivity contribution in [3.63, 3.8) is 0 Å². The fraction of sp³-hybridized carbons (Fsp3) is 0.438. The molecule has 3 rings (SSSR count). The summed E-state index contributed by atoms with van der Waals surface area (Å²) in [6, 6.07) is 0. The number of nitrogens with two attached hydrogens (primary N) is 1. The van der Waals surface area contributed by atoms with E-state index in [-0.39, 0.29) is 0 Å². The third-order valence-electron chi connectivity index (χ3n) is 4.04. The lowest BCUT2D eigenvalue weighted by atomic mass is 10.2. The minimum Gasteiger partial charge on any atom is -0.443 e. The van der Waals surface area contributed by atoms with Crippen LogP contribution in [0, 0.1) is 13.8 Å². The minimum absolute atomic E-state index is 0.496. The van der Waals surface area contributed by atoms with Gasteiger partial charge in [-0.2, -0.15) is 4.98 Å². The third-order valence-corrected chi connectivity index (χ3v) is 4.88. The van der Waals surface area contributed by atoms with Crippen LogP contribution in [0.4, 0.5) is 5.82 Å². The second-order valence-electron chi connectivity index (χ2n) is 5.53. The second kappa shape index (κ2) is 6.64. The minimum atomic E-state index is 0.496. The van der Waals surface area contributed by atoms with Gasteiger partial charge < -0.3 is 10.2 Å². The number of fused-ring (bicyclic) bond motifs is 1. The molecule has 2 N–H and O–H groups in total. The van der Waals surface area contributed by atoms with Gasteiger partial charge in [-0.15, -0.1) is 11.3 Å². The number of nitrogens with zero attached hydrogens (tertiary/aromatic N) is 4. The summed E-state index contributed by atoms with van der Waals surface area (Å²) < 4.78 is 5.70. The van der Waals surface area contributed by atoms with Gasteiger partial charge in [0, 0.05) is 30.1 Å². The van der Waals surface area contributed by atoms with Gasteiger partial charge >= 0.3 is 0 Å². The zero-order valence-corrected chi connectivity index (χ0v) is 14.5. The molecular formula is C16H21N5OS. The van der Waals surface area contributed by atoms with Gasteiger partial charge in [-0.3, -0.25) is 4.90 Å². The molecule has 3 aromatic heterocycles. The Morgan fingerprint density at radius 2 is 2.13 bits per heavy atom. The van der Waals surface area contributed by atoms with Crippen LogP contribution in [0.1, 0.15) is 29.1 Å². The lowest BCUT2D eigenvalue weighted by Crippen LogP contribution is -2.26. The molecule has 6 nitrogen and oxygen atoms in total. The molecule has 0 fully saturated rings. The van der Waals surface area contributed by atoms with Crippen molar-refractivity contribution in [2.24, 2.45) is 0 Å². The van der Waals surface area contributed by atoms with Crippen molar-refractivity contribution in [3.8, 4) is 0 Å². The number of thiazole rings is 1. The first kappa shape index (κ1) is 15.9. The molecule has 0 aromatic carbocycles. The summed E-state index contributed by atoms with van der Waals surface area (Å²) >= 11 is 1.69. The fourth-order valence-electron chi connectivity index (χ4n) is 2.58. The molecule has 0 amide bonds. The Balaban J connectivity index is 1.76. The average molecular weight is 331 g/mol. The van der Waals surface area contributed by atoms with E-state index in [4.69, 9.17) is 10.2 Å². The Morgan fingerprint density at radius 3 is 2.83 bits per heavy atom. The van der Waals surface area contributed by atoms with Gasteiger partial charge in [0.2, 0.25) is 5.71 Å². The van der Waals surface area contributed by atoms with E-state index in [9.17, 15) is 0 Å². The highest BCUT2D eigenvalue weighted by atomic mass is 32.1. The Labute approximate surface area is 139 Å². The quantitative estimate of drug-likeness (QED) is 0.748. The number of likely N-dealkylation sites (N-methyl/N-ethyl adjacent to an activating group) is 1. The summed E-state index contributed by atoms with van der Waals surface area (Å²) in [6.07, 6.45) is 2.78. The van der Waals surface area contributed by atoms with Crippen LogP contribution in [-0.2, 0) is 13.0 Å². The van der Waals surface area contributed by atoms with Crippen molar-refractivity contribution in [2.45, 2.75) is 33.7 Å². The van der Waals surface area contributed by atoms with Crippen molar-refractivity contribution in [1.29, 1.82) is 0 Å². The highest BCUT2D eigenvalue weighted by molar-refractivity contribution is 7.09. The summed E-state index contributed by atoms with van der Waals surface area (Å²) in [4.78, 5) is 15.6. The summed E-state index contributed by atoms with van der Waals surface area (Å²) in [7, 11) is 0. The van der Waals surface area contributed by atoms with Crippen LogP contribution in [0.15, 0.2) is 16.0 Å². The van der Waals surface area contributed by atoms with E-state index in [2.05, 4.69) is 26.8 Å². The first-order valence-corrected chi connectivity index (χ1v) is 8.59. The summed E-state index contributed by atoms with van der Waals surface area (Å²) in [5.74, 6) is 2.04. The molecule has 0 atom stereocenters. The molecular weight excluding hydrogens is 310 g/mol. The van der Waals surface area contributed by atoms with Gasteiger partial charge in [0.15, 0.2) is 0 Å². The number of aryl methyl sites for hydroxylation is 2. The average Bonchev–Trinajstić information content (AvgIpc) is 3.12. The highest BCUT2D eigenvalue weighted by Gasteiger charge is 2.15. The third kappa shape index (κ3) is 3.35. The normalized spacial score (nSPS) is 11.7. The molecule has 3 aromatic rings. The van der Waals surface area contributed by atoms with E-state index >= 15 is 0 Å². The smallest absolute Gasteiger partial charge is 0.231 e. The highest BCUT2D eigenvalue weighted by Crippen LogP contribution is 2.27. The van der Waals surface area contributed by atoms with Crippen LogP contribution < -0.4 is 5.73 Å². The Kier molecular flexibility index (Phi) is 4.58. The molecule has 0 aliphatic heterocycles. The molecule has 0 spiro atoms. The number of rotatable bonds is 6. The first-order chi connectivity index (χ1) is 11.1. The van der Waals surface area contributed by atoms with Crippen molar-refractivity contribution in [3.05, 3.63) is 33.7 Å². The molecule has 0 saturated carbocycles. The Morgan fingerprint density at radius 1 is 1.30 bits per heavy atom. The summed E-state index contributed by atoms with van der Waals surface area (Å²) in [6.45, 7) is 8.52. The second-order valence-corrected chi connectivity index (χ2v) is 6.51. The zero-order chi connectivity index (χ0) is 16.4. The molecule has 7 heteroatoms. The van der Waals surface area contributed by atoms with Gasteiger partial charge in [0.05, 0.1) is 16.9 Å². The lowest BCUT2D eigenvalue weighted by Gasteiger charge is -2.18. The van der Waals surface area contributed by atoms with Gasteiger partial charge in [-0.1, -0.05) is 6.92 Å². The van der Waals surface area contributed by atoms with Crippen LogP contribution >= 0.6 is 11.3 Å². The number of aromatic nitrogens is 3. The maximum absolute atomic E-state index is 6.10. The van der Waals surface area contributed by atoms with Gasteiger partial charge in [0.1, 0.15) is 17.4 Å². The Bertz CT molecular complexity index is 797. The maximum atomic E-state index is 6.10. The van der Waals surface area contributed by atoms with Crippen LogP contribution in [0.25, 0.3) is 11.1 Å². The van der Waals surface area contributed by atoms with Gasteiger partial charge in [-0.05, 0) is 20.4 Å². The molecule has 0 bridgehead atoms. The molecule has 122 valence electrons. The fourth-order valence-corrected chi connectivity index (χ4v) is 3.19. The van der Waals surface area contributed by atoms with Gasteiger partial charge in [0.25, 0.3) is 0 Å². The van der Waals surface area contributed by atoms with Crippen molar-refractivity contribution < 1.29 is 4.42 Å². The van der Waals surface area contributed by atoms with Crippen molar-refractivity contribution >= 4 is 28.3 Å². The lowest BCUT2D eigenvalue weighted by molar-refractivity contribution is 0.276. The predicted molar refractivity (Wildman–Crippen MR) is 92.5 cm³/mol. The van der Waals surface area contributed by atoms with Crippen LogP contribution in [0.2, 0.25) is 0 Å². The SMILES string of the molecule is CCN(CCc1nccs1)Cc1nc(N)c2c(C)c(C)oc2n1. The Hall–Kier alpha value is -1.99. The number of hydrogen-bond acceptors (Lipinski definition) is 7. The molecule has 0 unspecified atom stereocenters. The molecule has 0 aliphatic carbocycles. The zero-order valence-electron chi connectivity index (χ0n) is 13.7. The summed E-state index contributed by atoms with van der Waals surface area (Å²) in [5, 5.41) is 3.99. The largest absolute Gasteiger partial charge is 0.443 e. The predicted octanol–water partition coefficient (Wildman–Crippen LogP) is 2.94. The molecule has 0 aliphatic rings. The van der Waals surface area contributed by atoms with E-state index in [1.807, 2.05) is 25.4 Å². The molecule has 3 heterocycles. The van der Waals surface area contributed by atoms with Gasteiger partial charge in [-0.25, -0.2) is 9.97 Å².